The number of carboxylic acid groups (broad SMARTS) is 1. The Kier molecular flexibility index (Phi) is 6.15. The number of unbranched alkanes of at least 4 members (excludes halogenated alkanes) is 2. The molecule has 3 heteroatoms. The van der Waals surface area contributed by atoms with E-state index in [1.807, 2.05) is 24.3 Å². The predicted molar refractivity (Wildman–Crippen MR) is 70.4 cm³/mol. The minimum absolute atomic E-state index is 0.194. The number of hydrogen-bond acceptors (Lipinski definition) is 2. The first-order chi connectivity index (χ1) is 8.22. The lowest BCUT2D eigenvalue weighted by Gasteiger charge is -2.07. The first-order valence-corrected chi connectivity index (χ1v) is 6.27. The molecule has 1 rings (SSSR count). The summed E-state index contributed by atoms with van der Waals surface area (Å²) in [6.45, 7) is 3.17. The van der Waals surface area contributed by atoms with Crippen molar-refractivity contribution in [3.63, 3.8) is 0 Å². The minimum Gasteiger partial charge on any atom is -0.481 e. The summed E-state index contributed by atoms with van der Waals surface area (Å²) in [5.74, 6) is -0.744. The molecule has 0 aliphatic carbocycles. The van der Waals surface area contributed by atoms with Crippen LogP contribution in [0.15, 0.2) is 24.3 Å². The standard InChI is InChI=1S/C14H21NO2/c1-2-3-4-10-15-13-7-5-6-12(11-13)8-9-14(16)17/h5-7,11,15H,2-4,8-10H2,1H3,(H,16,17). The summed E-state index contributed by atoms with van der Waals surface area (Å²) >= 11 is 0. The number of nitrogens with one attached hydrogen (secondary N) is 1. The highest BCUT2D eigenvalue weighted by Crippen LogP contribution is 2.12. The molecule has 0 aromatic heterocycles. The lowest BCUT2D eigenvalue weighted by atomic mass is 10.1. The smallest absolute Gasteiger partial charge is 0.303 e. The van der Waals surface area contributed by atoms with E-state index >= 15 is 0 Å². The summed E-state index contributed by atoms with van der Waals surface area (Å²) in [6, 6.07) is 8.00. The Bertz CT molecular complexity index is 350. The molecule has 0 bridgehead atoms. The van der Waals surface area contributed by atoms with Gasteiger partial charge >= 0.3 is 5.97 Å². The van der Waals surface area contributed by atoms with Crippen molar-refractivity contribution in [3.8, 4) is 0 Å². The zero-order valence-corrected chi connectivity index (χ0v) is 10.4. The van der Waals surface area contributed by atoms with Crippen molar-refractivity contribution in [1.82, 2.24) is 0 Å². The van der Waals surface area contributed by atoms with Gasteiger partial charge in [0.15, 0.2) is 0 Å². The molecule has 3 nitrogen and oxygen atoms in total. The fourth-order valence-corrected chi connectivity index (χ4v) is 1.70. The van der Waals surface area contributed by atoms with Crippen LogP contribution in [0.3, 0.4) is 0 Å². The molecule has 94 valence electrons. The van der Waals surface area contributed by atoms with Gasteiger partial charge in [-0.05, 0) is 30.5 Å². The molecule has 0 aliphatic rings. The van der Waals surface area contributed by atoms with E-state index in [9.17, 15) is 4.79 Å². The van der Waals surface area contributed by atoms with Gasteiger partial charge < -0.3 is 10.4 Å². The third-order valence-electron chi connectivity index (χ3n) is 2.66. The van der Waals surface area contributed by atoms with Gasteiger partial charge in [0.1, 0.15) is 0 Å². The molecule has 0 amide bonds. The molecule has 1 aromatic rings. The molecule has 0 unspecified atom stereocenters. The van der Waals surface area contributed by atoms with E-state index in [1.54, 1.807) is 0 Å². The molecule has 0 fully saturated rings. The summed E-state index contributed by atoms with van der Waals surface area (Å²) in [6.07, 6.45) is 4.43. The van der Waals surface area contributed by atoms with Gasteiger partial charge in [-0.1, -0.05) is 31.9 Å². The Morgan fingerprint density at radius 1 is 1.35 bits per heavy atom. The van der Waals surface area contributed by atoms with Crippen LogP contribution in [0.25, 0.3) is 0 Å². The Morgan fingerprint density at radius 2 is 2.18 bits per heavy atom. The van der Waals surface area contributed by atoms with Gasteiger partial charge in [0, 0.05) is 18.7 Å². The highest BCUT2D eigenvalue weighted by Gasteiger charge is 2.00. The van der Waals surface area contributed by atoms with E-state index in [1.165, 1.54) is 19.3 Å². The number of aryl methyl sites for hydroxylation is 1. The largest absolute Gasteiger partial charge is 0.481 e. The van der Waals surface area contributed by atoms with Crippen molar-refractivity contribution in [2.24, 2.45) is 0 Å². The molecule has 0 saturated heterocycles. The normalized spacial score (nSPS) is 10.2. The van der Waals surface area contributed by atoms with E-state index in [-0.39, 0.29) is 6.42 Å². The molecule has 0 radical (unpaired) electrons. The summed E-state index contributed by atoms with van der Waals surface area (Å²) in [5, 5.41) is 12.0. The van der Waals surface area contributed by atoms with Crippen molar-refractivity contribution >= 4 is 11.7 Å². The van der Waals surface area contributed by atoms with Gasteiger partial charge in [-0.2, -0.15) is 0 Å². The highest BCUT2D eigenvalue weighted by molar-refractivity contribution is 5.67. The second kappa shape index (κ2) is 7.71. The van der Waals surface area contributed by atoms with E-state index in [0.29, 0.717) is 6.42 Å². The quantitative estimate of drug-likeness (QED) is 0.680. The first-order valence-electron chi connectivity index (χ1n) is 6.27. The van der Waals surface area contributed by atoms with Gasteiger partial charge in [0.05, 0.1) is 0 Å². The van der Waals surface area contributed by atoms with Crippen LogP contribution >= 0.6 is 0 Å². The number of anilines is 1. The number of carbonyl (C=O) groups is 1. The monoisotopic (exact) mass is 235 g/mol. The third kappa shape index (κ3) is 5.95. The second-order valence-electron chi connectivity index (χ2n) is 4.23. The number of hydrogen-bond donors (Lipinski definition) is 2. The molecule has 1 aromatic carbocycles. The zero-order chi connectivity index (χ0) is 12.5. The van der Waals surface area contributed by atoms with Crippen molar-refractivity contribution in [2.75, 3.05) is 11.9 Å². The highest BCUT2D eigenvalue weighted by atomic mass is 16.4. The molecule has 0 spiro atoms. The van der Waals surface area contributed by atoms with Gasteiger partial charge in [-0.3, -0.25) is 4.79 Å². The summed E-state index contributed by atoms with van der Waals surface area (Å²) < 4.78 is 0. The summed E-state index contributed by atoms with van der Waals surface area (Å²) in [5.41, 5.74) is 2.16. The van der Waals surface area contributed by atoms with Gasteiger partial charge in [-0.15, -0.1) is 0 Å². The van der Waals surface area contributed by atoms with Gasteiger partial charge in [0.2, 0.25) is 0 Å². The van der Waals surface area contributed by atoms with Crippen molar-refractivity contribution in [2.45, 2.75) is 39.0 Å². The maximum absolute atomic E-state index is 10.5. The molecule has 17 heavy (non-hydrogen) atoms. The topological polar surface area (TPSA) is 49.3 Å². The average Bonchev–Trinajstić information content (AvgIpc) is 2.33. The van der Waals surface area contributed by atoms with Crippen LogP contribution in [0.4, 0.5) is 5.69 Å². The fraction of sp³-hybridized carbons (Fsp3) is 0.500. The molecular weight excluding hydrogens is 214 g/mol. The third-order valence-corrected chi connectivity index (χ3v) is 2.66. The molecule has 0 saturated carbocycles. The SMILES string of the molecule is CCCCCNc1cccc(CCC(=O)O)c1. The number of carboxylic acids is 1. The van der Waals surface area contributed by atoms with Crippen LogP contribution in [-0.4, -0.2) is 17.6 Å². The summed E-state index contributed by atoms with van der Waals surface area (Å²) in [4.78, 5) is 10.5. The molecule has 0 aliphatic heterocycles. The maximum Gasteiger partial charge on any atom is 0.303 e. The molecule has 0 atom stereocenters. The van der Waals surface area contributed by atoms with Crippen LogP contribution in [0.1, 0.15) is 38.2 Å². The lowest BCUT2D eigenvalue weighted by Crippen LogP contribution is -2.02. The number of aliphatic carboxylic acids is 1. The Labute approximate surface area is 103 Å². The molecular formula is C14H21NO2. The predicted octanol–water partition coefficient (Wildman–Crippen LogP) is 3.31. The van der Waals surface area contributed by atoms with Crippen LogP contribution in [0.5, 0.6) is 0 Å². The Morgan fingerprint density at radius 3 is 2.88 bits per heavy atom. The summed E-state index contributed by atoms with van der Waals surface area (Å²) in [7, 11) is 0. The van der Waals surface area contributed by atoms with Crippen molar-refractivity contribution < 1.29 is 9.90 Å². The van der Waals surface area contributed by atoms with Gasteiger partial charge in [0.25, 0.3) is 0 Å². The Balaban J connectivity index is 2.39. The van der Waals surface area contributed by atoms with Gasteiger partial charge in [-0.25, -0.2) is 0 Å². The van der Waals surface area contributed by atoms with E-state index < -0.39 is 5.97 Å². The Hall–Kier alpha value is -1.51. The first kappa shape index (κ1) is 13.6. The van der Waals surface area contributed by atoms with Crippen LogP contribution < -0.4 is 5.32 Å². The second-order valence-corrected chi connectivity index (χ2v) is 4.23. The maximum atomic E-state index is 10.5. The van der Waals surface area contributed by atoms with E-state index in [0.717, 1.165) is 17.8 Å². The van der Waals surface area contributed by atoms with Crippen LogP contribution in [0.2, 0.25) is 0 Å². The van der Waals surface area contributed by atoms with Crippen LogP contribution in [-0.2, 0) is 11.2 Å². The number of rotatable bonds is 8. The van der Waals surface area contributed by atoms with E-state index in [4.69, 9.17) is 5.11 Å². The number of benzene rings is 1. The van der Waals surface area contributed by atoms with E-state index in [2.05, 4.69) is 12.2 Å². The zero-order valence-electron chi connectivity index (χ0n) is 10.4. The minimum atomic E-state index is -0.744. The fourth-order valence-electron chi connectivity index (χ4n) is 1.70. The lowest BCUT2D eigenvalue weighted by molar-refractivity contribution is -0.136. The molecule has 2 N–H and O–H groups in total. The average molecular weight is 235 g/mol. The molecule has 0 heterocycles. The van der Waals surface area contributed by atoms with Crippen molar-refractivity contribution in [1.29, 1.82) is 0 Å². The van der Waals surface area contributed by atoms with Crippen LogP contribution in [0, 0.1) is 0 Å². The van der Waals surface area contributed by atoms with Crippen molar-refractivity contribution in [3.05, 3.63) is 29.8 Å².